The Balaban J connectivity index is 1.65. The topological polar surface area (TPSA) is 123 Å². The van der Waals surface area contributed by atoms with Crippen molar-refractivity contribution in [2.24, 2.45) is 0 Å². The van der Waals surface area contributed by atoms with E-state index in [2.05, 4.69) is 5.32 Å². The second-order valence-electron chi connectivity index (χ2n) is 7.30. The van der Waals surface area contributed by atoms with Crippen molar-refractivity contribution in [3.05, 3.63) is 92.5 Å². The zero-order valence-electron chi connectivity index (χ0n) is 16.5. The monoisotopic (exact) mass is 420 g/mol. The second-order valence-corrected chi connectivity index (χ2v) is 7.30. The number of rotatable bonds is 8. The van der Waals surface area contributed by atoms with E-state index in [0.29, 0.717) is 34.9 Å². The first kappa shape index (κ1) is 20.5. The summed E-state index contributed by atoms with van der Waals surface area (Å²) in [5.74, 6) is 0. The van der Waals surface area contributed by atoms with Gasteiger partial charge in [-0.05, 0) is 17.7 Å². The third-order valence-electron chi connectivity index (χ3n) is 5.20. The summed E-state index contributed by atoms with van der Waals surface area (Å²) in [6.07, 6.45) is -0.729. The SMILES string of the molecule is O=[N+]([O-])c1ccc2c(c1)c1cc([N+](=O)[O-])ccc1n2CC(O)CNCc1ccccc1. The van der Waals surface area contributed by atoms with Crippen LogP contribution in [0.3, 0.4) is 0 Å². The molecule has 4 rings (SSSR count). The number of nitrogens with zero attached hydrogens (tertiary/aromatic N) is 3. The summed E-state index contributed by atoms with van der Waals surface area (Å²) in [5.41, 5.74) is 2.25. The fourth-order valence-electron chi connectivity index (χ4n) is 3.76. The van der Waals surface area contributed by atoms with Gasteiger partial charge in [0.1, 0.15) is 0 Å². The molecule has 0 aliphatic heterocycles. The summed E-state index contributed by atoms with van der Waals surface area (Å²) < 4.78 is 1.84. The molecule has 1 heterocycles. The van der Waals surface area contributed by atoms with Gasteiger partial charge in [0.25, 0.3) is 11.4 Å². The predicted molar refractivity (Wildman–Crippen MR) is 117 cm³/mol. The van der Waals surface area contributed by atoms with Crippen LogP contribution in [-0.2, 0) is 13.1 Å². The lowest BCUT2D eigenvalue weighted by Gasteiger charge is -2.15. The Labute approximate surface area is 176 Å². The van der Waals surface area contributed by atoms with Crippen LogP contribution >= 0.6 is 0 Å². The van der Waals surface area contributed by atoms with E-state index in [1.807, 2.05) is 34.9 Å². The number of non-ortho nitro benzene ring substituents is 2. The Bertz CT molecular complexity index is 1200. The number of aliphatic hydroxyl groups excluding tert-OH is 1. The van der Waals surface area contributed by atoms with Gasteiger partial charge in [0.2, 0.25) is 0 Å². The van der Waals surface area contributed by atoms with E-state index < -0.39 is 16.0 Å². The molecule has 9 nitrogen and oxygen atoms in total. The third-order valence-corrected chi connectivity index (χ3v) is 5.20. The lowest BCUT2D eigenvalue weighted by Crippen LogP contribution is -2.29. The molecule has 0 aliphatic rings. The van der Waals surface area contributed by atoms with Crippen LogP contribution in [-0.4, -0.2) is 32.2 Å². The number of hydrogen-bond donors (Lipinski definition) is 2. The minimum atomic E-state index is -0.729. The molecular formula is C22H20N4O5. The van der Waals surface area contributed by atoms with Gasteiger partial charge >= 0.3 is 0 Å². The molecule has 0 amide bonds. The zero-order chi connectivity index (χ0) is 22.0. The quantitative estimate of drug-likeness (QED) is 0.330. The molecule has 0 spiro atoms. The van der Waals surface area contributed by atoms with Crippen molar-refractivity contribution in [2.45, 2.75) is 19.2 Å². The first-order valence-electron chi connectivity index (χ1n) is 9.71. The van der Waals surface area contributed by atoms with Crippen molar-refractivity contribution in [3.8, 4) is 0 Å². The molecule has 9 heteroatoms. The number of nitrogens with one attached hydrogen (secondary N) is 1. The van der Waals surface area contributed by atoms with Gasteiger partial charge < -0.3 is 15.0 Å². The number of nitro benzene ring substituents is 2. The van der Waals surface area contributed by atoms with E-state index in [1.54, 1.807) is 12.1 Å². The average molecular weight is 420 g/mol. The molecule has 0 bridgehead atoms. The Morgan fingerprint density at radius 3 is 1.94 bits per heavy atom. The highest BCUT2D eigenvalue weighted by Crippen LogP contribution is 2.34. The number of aliphatic hydroxyl groups is 1. The van der Waals surface area contributed by atoms with Gasteiger partial charge in [-0.15, -0.1) is 0 Å². The fraction of sp³-hybridized carbons (Fsp3) is 0.182. The lowest BCUT2D eigenvalue weighted by molar-refractivity contribution is -0.385. The van der Waals surface area contributed by atoms with Gasteiger partial charge in [-0.25, -0.2) is 0 Å². The molecule has 158 valence electrons. The fourth-order valence-corrected chi connectivity index (χ4v) is 3.76. The van der Waals surface area contributed by atoms with Gasteiger partial charge in [0.05, 0.1) is 22.5 Å². The molecule has 1 atom stereocenters. The standard InChI is InChI=1S/C22H20N4O5/c27-18(13-23-12-15-4-2-1-3-5-15)14-24-21-8-6-16(25(28)29)10-19(21)20-11-17(26(30)31)7-9-22(20)24/h1-11,18,23,27H,12-14H2. The molecular weight excluding hydrogens is 400 g/mol. The molecule has 4 aromatic rings. The largest absolute Gasteiger partial charge is 0.390 e. The van der Waals surface area contributed by atoms with Crippen molar-refractivity contribution < 1.29 is 15.0 Å². The number of nitro groups is 2. The van der Waals surface area contributed by atoms with E-state index in [9.17, 15) is 25.3 Å². The molecule has 0 fully saturated rings. The van der Waals surface area contributed by atoms with Crippen molar-refractivity contribution in [1.82, 2.24) is 9.88 Å². The molecule has 0 saturated carbocycles. The van der Waals surface area contributed by atoms with Crippen LogP contribution in [0.2, 0.25) is 0 Å². The van der Waals surface area contributed by atoms with Crippen LogP contribution in [0.4, 0.5) is 11.4 Å². The highest BCUT2D eigenvalue weighted by atomic mass is 16.6. The van der Waals surface area contributed by atoms with Crippen LogP contribution in [0.5, 0.6) is 0 Å². The Hall–Kier alpha value is -3.82. The molecule has 31 heavy (non-hydrogen) atoms. The van der Waals surface area contributed by atoms with Crippen LogP contribution in [0, 0.1) is 20.2 Å². The van der Waals surface area contributed by atoms with E-state index >= 15 is 0 Å². The predicted octanol–water partition coefficient (Wildman–Crippen LogP) is 3.76. The summed E-state index contributed by atoms with van der Waals surface area (Å²) in [6.45, 7) is 1.19. The van der Waals surface area contributed by atoms with E-state index in [0.717, 1.165) is 5.56 Å². The van der Waals surface area contributed by atoms with Crippen molar-refractivity contribution in [3.63, 3.8) is 0 Å². The normalized spacial score (nSPS) is 12.3. The smallest absolute Gasteiger partial charge is 0.270 e. The van der Waals surface area contributed by atoms with Gasteiger partial charge in [-0.3, -0.25) is 20.2 Å². The van der Waals surface area contributed by atoms with E-state index in [4.69, 9.17) is 0 Å². The number of fused-ring (bicyclic) bond motifs is 3. The van der Waals surface area contributed by atoms with Crippen molar-refractivity contribution >= 4 is 33.2 Å². The maximum Gasteiger partial charge on any atom is 0.270 e. The molecule has 3 aromatic carbocycles. The van der Waals surface area contributed by atoms with Gasteiger partial charge in [0, 0.05) is 59.2 Å². The lowest BCUT2D eigenvalue weighted by atomic mass is 10.1. The summed E-state index contributed by atoms with van der Waals surface area (Å²) in [5, 5.41) is 37.3. The van der Waals surface area contributed by atoms with E-state index in [1.165, 1.54) is 24.3 Å². The molecule has 1 aromatic heterocycles. The molecule has 0 aliphatic carbocycles. The minimum Gasteiger partial charge on any atom is -0.390 e. The summed E-state index contributed by atoms with van der Waals surface area (Å²) in [7, 11) is 0. The molecule has 1 unspecified atom stereocenters. The Morgan fingerprint density at radius 2 is 1.42 bits per heavy atom. The molecule has 2 N–H and O–H groups in total. The number of benzene rings is 3. The zero-order valence-corrected chi connectivity index (χ0v) is 16.5. The average Bonchev–Trinajstić information content (AvgIpc) is 3.06. The maximum atomic E-state index is 11.2. The highest BCUT2D eigenvalue weighted by molar-refractivity contribution is 6.09. The van der Waals surface area contributed by atoms with Crippen LogP contribution in [0.15, 0.2) is 66.7 Å². The van der Waals surface area contributed by atoms with Crippen molar-refractivity contribution in [2.75, 3.05) is 6.54 Å². The van der Waals surface area contributed by atoms with Crippen LogP contribution < -0.4 is 5.32 Å². The van der Waals surface area contributed by atoms with Gasteiger partial charge in [-0.1, -0.05) is 30.3 Å². The molecule has 0 radical (unpaired) electrons. The van der Waals surface area contributed by atoms with Gasteiger partial charge in [0.15, 0.2) is 0 Å². The second kappa shape index (κ2) is 8.50. The Morgan fingerprint density at radius 1 is 0.871 bits per heavy atom. The van der Waals surface area contributed by atoms with Crippen LogP contribution in [0.25, 0.3) is 21.8 Å². The first-order chi connectivity index (χ1) is 14.9. The first-order valence-corrected chi connectivity index (χ1v) is 9.71. The van der Waals surface area contributed by atoms with Crippen LogP contribution in [0.1, 0.15) is 5.56 Å². The minimum absolute atomic E-state index is 0.0943. The maximum absolute atomic E-state index is 11.2. The highest BCUT2D eigenvalue weighted by Gasteiger charge is 2.19. The molecule has 0 saturated heterocycles. The summed E-state index contributed by atoms with van der Waals surface area (Å²) >= 11 is 0. The van der Waals surface area contributed by atoms with Crippen molar-refractivity contribution in [1.29, 1.82) is 0 Å². The number of aromatic nitrogens is 1. The van der Waals surface area contributed by atoms with E-state index in [-0.39, 0.29) is 17.9 Å². The summed E-state index contributed by atoms with van der Waals surface area (Å²) in [4.78, 5) is 21.4. The number of hydrogen-bond acceptors (Lipinski definition) is 6. The third kappa shape index (κ3) is 4.23. The Kier molecular flexibility index (Phi) is 5.61. The summed E-state index contributed by atoms with van der Waals surface area (Å²) in [6, 6.07) is 18.7. The van der Waals surface area contributed by atoms with Gasteiger partial charge in [-0.2, -0.15) is 0 Å².